The molecule has 0 radical (unpaired) electrons. The molecule has 0 saturated carbocycles. The Labute approximate surface area is 147 Å². The minimum absolute atomic E-state index is 0.0494. The average molecular weight is 372 g/mol. The number of amides is 1. The molecule has 1 aromatic rings. The first-order valence-corrected chi connectivity index (χ1v) is 10.0. The lowest BCUT2D eigenvalue weighted by atomic mass is 10.0. The van der Waals surface area contributed by atoms with Crippen molar-refractivity contribution in [3.63, 3.8) is 0 Å². The molecule has 1 aromatic carbocycles. The molecule has 1 fully saturated rings. The molecular formula is C16H22ClN3O3S. The van der Waals surface area contributed by atoms with Gasteiger partial charge in [0.05, 0.1) is 5.02 Å². The monoisotopic (exact) mass is 371 g/mol. The van der Waals surface area contributed by atoms with Crippen molar-refractivity contribution in [2.24, 2.45) is 0 Å². The largest absolute Gasteiger partial charge is 0.326 e. The fraction of sp³-hybridized carbons (Fsp3) is 0.562. The minimum atomic E-state index is -3.71. The Balaban J connectivity index is 1.94. The summed E-state index contributed by atoms with van der Waals surface area (Å²) in [7, 11) is -2.10. The van der Waals surface area contributed by atoms with Crippen LogP contribution >= 0.6 is 11.6 Å². The average Bonchev–Trinajstić information content (AvgIpc) is 2.83. The summed E-state index contributed by atoms with van der Waals surface area (Å²) >= 11 is 6.27. The van der Waals surface area contributed by atoms with Crippen LogP contribution in [0.5, 0.6) is 0 Å². The molecule has 0 bridgehead atoms. The second kappa shape index (κ2) is 7.00. The van der Waals surface area contributed by atoms with Crippen molar-refractivity contribution in [1.29, 1.82) is 0 Å². The van der Waals surface area contributed by atoms with Crippen LogP contribution in [-0.2, 0) is 21.2 Å². The first kappa shape index (κ1) is 17.7. The predicted octanol–water partition coefficient (Wildman–Crippen LogP) is 1.99. The minimum Gasteiger partial charge on any atom is -0.326 e. The zero-order valence-electron chi connectivity index (χ0n) is 13.6. The van der Waals surface area contributed by atoms with Crippen molar-refractivity contribution in [1.82, 2.24) is 9.62 Å². The van der Waals surface area contributed by atoms with Crippen molar-refractivity contribution in [2.75, 3.05) is 25.5 Å². The number of rotatable bonds is 3. The summed E-state index contributed by atoms with van der Waals surface area (Å²) in [5.74, 6) is -0.101. The van der Waals surface area contributed by atoms with Gasteiger partial charge in [-0.1, -0.05) is 11.6 Å². The molecule has 1 unspecified atom stereocenters. The van der Waals surface area contributed by atoms with Gasteiger partial charge in [-0.15, -0.1) is 0 Å². The molecule has 3 rings (SSSR count). The Morgan fingerprint density at radius 2 is 2.00 bits per heavy atom. The van der Waals surface area contributed by atoms with E-state index < -0.39 is 10.0 Å². The van der Waals surface area contributed by atoms with Crippen molar-refractivity contribution in [3.8, 4) is 0 Å². The van der Waals surface area contributed by atoms with E-state index in [1.807, 2.05) is 0 Å². The summed E-state index contributed by atoms with van der Waals surface area (Å²) in [6.45, 7) is 1.72. The number of aryl methyl sites for hydroxylation is 1. The van der Waals surface area contributed by atoms with Gasteiger partial charge in [-0.05, 0) is 56.5 Å². The maximum atomic E-state index is 13.0. The summed E-state index contributed by atoms with van der Waals surface area (Å²) in [6.07, 6.45) is 3.51. The fourth-order valence-corrected chi connectivity index (χ4v) is 5.26. The second-order valence-corrected chi connectivity index (χ2v) is 8.72. The number of nitrogens with zero attached hydrogens (tertiary/aromatic N) is 1. The Kier molecular flexibility index (Phi) is 5.15. The summed E-state index contributed by atoms with van der Waals surface area (Å²) < 4.78 is 27.5. The standard InChI is InChI=1S/C16H22ClN3O3S/c1-20(12-3-2-7-18-8-6-12)24(22,23)15-10-14-11(9-13(15)17)4-5-16(21)19-14/h9-10,12,18H,2-8H2,1H3,(H,19,21). The van der Waals surface area contributed by atoms with Crippen LogP contribution in [-0.4, -0.2) is 44.8 Å². The van der Waals surface area contributed by atoms with E-state index in [1.165, 1.54) is 10.4 Å². The molecule has 2 heterocycles. The smallest absolute Gasteiger partial charge is 0.244 e. The molecule has 0 aliphatic carbocycles. The van der Waals surface area contributed by atoms with Crippen LogP contribution in [0, 0.1) is 0 Å². The Bertz CT molecular complexity index is 743. The van der Waals surface area contributed by atoms with E-state index in [2.05, 4.69) is 10.6 Å². The first-order valence-electron chi connectivity index (χ1n) is 8.20. The van der Waals surface area contributed by atoms with Gasteiger partial charge in [-0.3, -0.25) is 4.79 Å². The van der Waals surface area contributed by atoms with Gasteiger partial charge in [-0.2, -0.15) is 4.31 Å². The number of nitrogens with one attached hydrogen (secondary N) is 2. The number of sulfonamides is 1. The summed E-state index contributed by atoms with van der Waals surface area (Å²) in [4.78, 5) is 11.6. The Hall–Kier alpha value is -1.15. The van der Waals surface area contributed by atoms with Crippen molar-refractivity contribution in [3.05, 3.63) is 22.7 Å². The number of hydrogen-bond acceptors (Lipinski definition) is 4. The van der Waals surface area contributed by atoms with Gasteiger partial charge in [0.1, 0.15) is 4.90 Å². The van der Waals surface area contributed by atoms with Crippen LogP contribution in [0.3, 0.4) is 0 Å². The molecule has 1 atom stereocenters. The molecule has 2 aliphatic heterocycles. The van der Waals surface area contributed by atoms with Crippen molar-refractivity contribution >= 4 is 33.2 Å². The van der Waals surface area contributed by atoms with Gasteiger partial charge in [0, 0.05) is 25.2 Å². The van der Waals surface area contributed by atoms with Crippen LogP contribution in [0.4, 0.5) is 5.69 Å². The van der Waals surface area contributed by atoms with Crippen LogP contribution < -0.4 is 10.6 Å². The van der Waals surface area contributed by atoms with E-state index in [4.69, 9.17) is 11.6 Å². The topological polar surface area (TPSA) is 78.5 Å². The molecule has 0 aromatic heterocycles. The Morgan fingerprint density at radius 3 is 2.79 bits per heavy atom. The van der Waals surface area contributed by atoms with E-state index in [0.717, 1.165) is 37.9 Å². The van der Waals surface area contributed by atoms with E-state index in [1.54, 1.807) is 13.1 Å². The number of carbonyl (C=O) groups excluding carboxylic acids is 1. The molecule has 0 spiro atoms. The molecule has 24 heavy (non-hydrogen) atoms. The number of hydrogen-bond donors (Lipinski definition) is 2. The predicted molar refractivity (Wildman–Crippen MR) is 93.9 cm³/mol. The number of halogens is 1. The maximum Gasteiger partial charge on any atom is 0.244 e. The van der Waals surface area contributed by atoms with Gasteiger partial charge in [0.25, 0.3) is 0 Å². The third-order valence-electron chi connectivity index (χ3n) is 4.77. The molecule has 1 amide bonds. The van der Waals surface area contributed by atoms with Gasteiger partial charge in [0.2, 0.25) is 15.9 Å². The molecule has 2 aliphatic rings. The molecule has 8 heteroatoms. The summed E-state index contributed by atoms with van der Waals surface area (Å²) in [5.41, 5.74) is 1.42. The number of fused-ring (bicyclic) bond motifs is 1. The van der Waals surface area contributed by atoms with Crippen molar-refractivity contribution < 1.29 is 13.2 Å². The van der Waals surface area contributed by atoms with E-state index in [-0.39, 0.29) is 21.9 Å². The highest BCUT2D eigenvalue weighted by molar-refractivity contribution is 7.89. The molecule has 132 valence electrons. The van der Waals surface area contributed by atoms with Gasteiger partial charge in [-0.25, -0.2) is 8.42 Å². The molecular weight excluding hydrogens is 350 g/mol. The normalized spacial score (nSPS) is 22.0. The maximum absolute atomic E-state index is 13.0. The van der Waals surface area contributed by atoms with Crippen LogP contribution in [0.2, 0.25) is 5.02 Å². The molecule has 1 saturated heterocycles. The third kappa shape index (κ3) is 3.44. The molecule has 6 nitrogen and oxygen atoms in total. The second-order valence-electron chi connectivity index (χ2n) is 6.34. The van der Waals surface area contributed by atoms with Crippen LogP contribution in [0.1, 0.15) is 31.2 Å². The van der Waals surface area contributed by atoms with Crippen LogP contribution in [0.15, 0.2) is 17.0 Å². The number of anilines is 1. The van der Waals surface area contributed by atoms with E-state index in [0.29, 0.717) is 18.5 Å². The highest BCUT2D eigenvalue weighted by Gasteiger charge is 2.31. The molecule has 2 N–H and O–H groups in total. The number of carbonyl (C=O) groups is 1. The van der Waals surface area contributed by atoms with Gasteiger partial charge >= 0.3 is 0 Å². The van der Waals surface area contributed by atoms with E-state index in [9.17, 15) is 13.2 Å². The van der Waals surface area contributed by atoms with Gasteiger partial charge in [0.15, 0.2) is 0 Å². The Morgan fingerprint density at radius 1 is 1.21 bits per heavy atom. The first-order chi connectivity index (χ1) is 11.4. The van der Waals surface area contributed by atoms with E-state index >= 15 is 0 Å². The lowest BCUT2D eigenvalue weighted by molar-refractivity contribution is -0.116. The SMILES string of the molecule is CN(C1CCCNCC1)S(=O)(=O)c1cc2c(cc1Cl)CCC(=O)N2. The quantitative estimate of drug-likeness (QED) is 0.851. The van der Waals surface area contributed by atoms with Gasteiger partial charge < -0.3 is 10.6 Å². The zero-order chi connectivity index (χ0) is 17.3. The third-order valence-corrected chi connectivity index (χ3v) is 7.14. The highest BCUT2D eigenvalue weighted by atomic mass is 35.5. The number of benzene rings is 1. The lowest BCUT2D eigenvalue weighted by Gasteiger charge is -2.27. The lowest BCUT2D eigenvalue weighted by Crippen LogP contribution is -2.37. The fourth-order valence-electron chi connectivity index (χ4n) is 3.29. The van der Waals surface area contributed by atoms with Crippen LogP contribution in [0.25, 0.3) is 0 Å². The highest BCUT2D eigenvalue weighted by Crippen LogP contribution is 2.34. The zero-order valence-corrected chi connectivity index (χ0v) is 15.2. The summed E-state index contributed by atoms with van der Waals surface area (Å²) in [5, 5.41) is 6.23. The van der Waals surface area contributed by atoms with Crippen molar-refractivity contribution in [2.45, 2.75) is 43.0 Å². The summed E-state index contributed by atoms with van der Waals surface area (Å²) in [6, 6.07) is 3.10.